The van der Waals surface area contributed by atoms with E-state index in [0.29, 0.717) is 33.6 Å². The standard InChI is InChI=1S/C24H25NO8/c1-13-16-6-5-15(26)11-20(16)33-24(30)17(13)7-9-22(27)25-18(12-23(28)29)14-4-8-19(31-2)21(10-14)32-3/h4-6,8,10-11,18,26H,7,9,12H2,1-3H3,(H,25,27)(H,28,29)/t18-/m1/s1. The topological polar surface area (TPSA) is 135 Å². The lowest BCUT2D eigenvalue weighted by Crippen LogP contribution is -2.30. The molecule has 174 valence electrons. The first-order valence-corrected chi connectivity index (χ1v) is 10.2. The highest BCUT2D eigenvalue weighted by molar-refractivity contribution is 5.83. The van der Waals surface area contributed by atoms with Crippen LogP contribution in [0.2, 0.25) is 0 Å². The summed E-state index contributed by atoms with van der Waals surface area (Å²) in [5.74, 6) is -0.620. The number of nitrogens with one attached hydrogen (secondary N) is 1. The van der Waals surface area contributed by atoms with E-state index in [1.54, 1.807) is 31.2 Å². The molecule has 0 aliphatic heterocycles. The van der Waals surface area contributed by atoms with Gasteiger partial charge in [-0.1, -0.05) is 6.07 Å². The summed E-state index contributed by atoms with van der Waals surface area (Å²) in [6.07, 6.45) is -0.261. The Bertz CT molecular complexity index is 1250. The predicted molar refractivity (Wildman–Crippen MR) is 120 cm³/mol. The summed E-state index contributed by atoms with van der Waals surface area (Å²) in [5, 5.41) is 22.3. The zero-order valence-electron chi connectivity index (χ0n) is 18.5. The van der Waals surface area contributed by atoms with Crippen molar-refractivity contribution >= 4 is 22.8 Å². The summed E-state index contributed by atoms with van der Waals surface area (Å²) < 4.78 is 15.8. The van der Waals surface area contributed by atoms with Gasteiger partial charge in [0.05, 0.1) is 26.7 Å². The lowest BCUT2D eigenvalue weighted by atomic mass is 10.0. The minimum atomic E-state index is -1.08. The third-order valence-corrected chi connectivity index (χ3v) is 5.40. The number of carboxylic acid groups (broad SMARTS) is 1. The maximum atomic E-state index is 12.7. The van der Waals surface area contributed by atoms with Crippen LogP contribution in [-0.2, 0) is 16.0 Å². The number of carboxylic acids is 1. The van der Waals surface area contributed by atoms with Crippen LogP contribution in [0.3, 0.4) is 0 Å². The van der Waals surface area contributed by atoms with Gasteiger partial charge >= 0.3 is 11.6 Å². The molecule has 3 N–H and O–H groups in total. The van der Waals surface area contributed by atoms with Crippen molar-refractivity contribution < 1.29 is 33.7 Å². The van der Waals surface area contributed by atoms with Gasteiger partial charge in [-0.2, -0.15) is 0 Å². The smallest absolute Gasteiger partial charge is 0.339 e. The number of aromatic hydroxyl groups is 1. The Morgan fingerprint density at radius 2 is 1.82 bits per heavy atom. The third-order valence-electron chi connectivity index (χ3n) is 5.40. The van der Waals surface area contributed by atoms with Crippen molar-refractivity contribution in [3.63, 3.8) is 0 Å². The molecule has 0 saturated heterocycles. The van der Waals surface area contributed by atoms with E-state index in [-0.39, 0.29) is 30.6 Å². The van der Waals surface area contributed by atoms with Gasteiger partial charge in [0.1, 0.15) is 11.3 Å². The number of amides is 1. The molecule has 0 unspecified atom stereocenters. The number of hydrogen-bond donors (Lipinski definition) is 3. The van der Waals surface area contributed by atoms with Crippen LogP contribution in [0.1, 0.15) is 35.6 Å². The molecule has 1 amide bonds. The van der Waals surface area contributed by atoms with Gasteiger partial charge in [0.15, 0.2) is 11.5 Å². The van der Waals surface area contributed by atoms with Crippen LogP contribution < -0.4 is 20.4 Å². The quantitative estimate of drug-likeness (QED) is 0.419. The van der Waals surface area contributed by atoms with Crippen LogP contribution in [-0.4, -0.2) is 36.3 Å². The minimum absolute atomic E-state index is 0.0168. The van der Waals surface area contributed by atoms with Crippen molar-refractivity contribution in [3.05, 3.63) is 63.5 Å². The molecular weight excluding hydrogens is 430 g/mol. The number of fused-ring (bicyclic) bond motifs is 1. The number of phenolic OH excluding ortho intramolecular Hbond substituents is 1. The van der Waals surface area contributed by atoms with Crippen molar-refractivity contribution in [1.29, 1.82) is 0 Å². The Balaban J connectivity index is 1.78. The predicted octanol–water partition coefficient (Wildman–Crippen LogP) is 3.09. The third kappa shape index (κ3) is 5.43. The average molecular weight is 455 g/mol. The van der Waals surface area contributed by atoms with Gasteiger partial charge in [0.25, 0.3) is 0 Å². The molecule has 9 nitrogen and oxygen atoms in total. The van der Waals surface area contributed by atoms with Crippen LogP contribution >= 0.6 is 0 Å². The van der Waals surface area contributed by atoms with Gasteiger partial charge in [0.2, 0.25) is 5.91 Å². The fourth-order valence-electron chi connectivity index (χ4n) is 3.67. The molecule has 0 saturated carbocycles. The molecule has 0 radical (unpaired) electrons. The maximum absolute atomic E-state index is 12.7. The number of carbonyl (C=O) groups excluding carboxylic acids is 1. The molecule has 0 fully saturated rings. The van der Waals surface area contributed by atoms with E-state index < -0.39 is 23.5 Å². The number of phenols is 1. The average Bonchev–Trinajstić information content (AvgIpc) is 2.77. The number of benzene rings is 2. The van der Waals surface area contributed by atoms with Crippen LogP contribution in [0.15, 0.2) is 45.6 Å². The second kappa shape index (κ2) is 10.1. The van der Waals surface area contributed by atoms with E-state index in [2.05, 4.69) is 5.32 Å². The maximum Gasteiger partial charge on any atom is 0.339 e. The molecule has 0 aliphatic rings. The van der Waals surface area contributed by atoms with Gasteiger partial charge in [-0.15, -0.1) is 0 Å². The van der Waals surface area contributed by atoms with E-state index in [9.17, 15) is 24.6 Å². The molecule has 1 heterocycles. The van der Waals surface area contributed by atoms with Crippen molar-refractivity contribution in [2.45, 2.75) is 32.2 Å². The lowest BCUT2D eigenvalue weighted by Gasteiger charge is -2.19. The van der Waals surface area contributed by atoms with Gasteiger partial charge in [-0.25, -0.2) is 4.79 Å². The minimum Gasteiger partial charge on any atom is -0.508 e. The summed E-state index contributed by atoms with van der Waals surface area (Å²) in [4.78, 5) is 36.5. The van der Waals surface area contributed by atoms with Crippen LogP contribution in [0, 0.1) is 6.92 Å². The Morgan fingerprint density at radius 3 is 2.48 bits per heavy atom. The van der Waals surface area contributed by atoms with E-state index in [1.807, 2.05) is 0 Å². The van der Waals surface area contributed by atoms with Crippen LogP contribution in [0.25, 0.3) is 11.0 Å². The van der Waals surface area contributed by atoms with E-state index in [4.69, 9.17) is 13.9 Å². The molecule has 2 aromatic carbocycles. The fourth-order valence-corrected chi connectivity index (χ4v) is 3.67. The summed E-state index contributed by atoms with van der Waals surface area (Å²) in [5.41, 5.74) is 1.24. The Labute approximate surface area is 189 Å². The van der Waals surface area contributed by atoms with Crippen molar-refractivity contribution in [2.24, 2.45) is 0 Å². The number of aryl methyl sites for hydroxylation is 1. The first kappa shape index (κ1) is 23.6. The molecule has 9 heteroatoms. The van der Waals surface area contributed by atoms with Gasteiger partial charge in [-0.3, -0.25) is 9.59 Å². The van der Waals surface area contributed by atoms with Crippen molar-refractivity contribution in [1.82, 2.24) is 5.32 Å². The molecule has 0 aliphatic carbocycles. The monoisotopic (exact) mass is 455 g/mol. The molecular formula is C24H25NO8. The molecule has 0 spiro atoms. The van der Waals surface area contributed by atoms with Gasteiger partial charge in [-0.05, 0) is 48.7 Å². The van der Waals surface area contributed by atoms with E-state index in [0.717, 1.165) is 0 Å². The number of hydrogen-bond acceptors (Lipinski definition) is 7. The van der Waals surface area contributed by atoms with Crippen molar-refractivity contribution in [2.75, 3.05) is 14.2 Å². The molecule has 3 rings (SSSR count). The number of methoxy groups -OCH3 is 2. The Morgan fingerprint density at radius 1 is 1.09 bits per heavy atom. The highest BCUT2D eigenvalue weighted by atomic mass is 16.5. The van der Waals surface area contributed by atoms with Crippen LogP contribution in [0.5, 0.6) is 17.2 Å². The number of rotatable bonds is 9. The zero-order chi connectivity index (χ0) is 24.1. The first-order chi connectivity index (χ1) is 15.7. The van der Waals surface area contributed by atoms with Crippen molar-refractivity contribution in [3.8, 4) is 17.2 Å². The summed E-state index contributed by atoms with van der Waals surface area (Å²) in [6, 6.07) is 8.61. The first-order valence-electron chi connectivity index (χ1n) is 10.2. The summed E-state index contributed by atoms with van der Waals surface area (Å²) in [7, 11) is 2.95. The molecule has 1 atom stereocenters. The second-order valence-corrected chi connectivity index (χ2v) is 7.51. The number of aliphatic carboxylic acids is 1. The highest BCUT2D eigenvalue weighted by Crippen LogP contribution is 2.31. The largest absolute Gasteiger partial charge is 0.508 e. The second-order valence-electron chi connectivity index (χ2n) is 7.51. The lowest BCUT2D eigenvalue weighted by molar-refractivity contribution is -0.137. The zero-order valence-corrected chi connectivity index (χ0v) is 18.5. The summed E-state index contributed by atoms with van der Waals surface area (Å²) in [6.45, 7) is 1.75. The van der Waals surface area contributed by atoms with Crippen LogP contribution in [0.4, 0.5) is 0 Å². The molecule has 1 aromatic heterocycles. The number of carbonyl (C=O) groups is 2. The Hall–Kier alpha value is -4.01. The van der Waals surface area contributed by atoms with Gasteiger partial charge in [0, 0.05) is 23.4 Å². The normalized spacial score (nSPS) is 11.7. The van der Waals surface area contributed by atoms with E-state index >= 15 is 0 Å². The molecule has 0 bridgehead atoms. The Kier molecular flexibility index (Phi) is 7.22. The molecule has 33 heavy (non-hydrogen) atoms. The highest BCUT2D eigenvalue weighted by Gasteiger charge is 2.21. The number of ether oxygens (including phenoxy) is 2. The fraction of sp³-hybridized carbons (Fsp3) is 0.292. The van der Waals surface area contributed by atoms with E-state index in [1.165, 1.54) is 26.4 Å². The molecule has 3 aromatic rings. The SMILES string of the molecule is COc1ccc([C@@H](CC(=O)O)NC(=O)CCc2c(C)c3ccc(O)cc3oc2=O)cc1OC. The summed E-state index contributed by atoms with van der Waals surface area (Å²) >= 11 is 0. The van der Waals surface area contributed by atoms with Gasteiger partial charge < -0.3 is 29.4 Å².